The number of alkyl halides is 3. The SMILES string of the molecule is O=C1NC(=O)C(Cc2ccc(CNc3cccc(-c4c(Cc5ccccc5)cnc5c(C(F)(F)F)cccc45)c3)cc2)S1. The molecule has 0 spiro atoms. The maximum absolute atomic E-state index is 13.9. The zero-order valence-electron chi connectivity index (χ0n) is 22.8. The molecule has 4 aromatic carbocycles. The van der Waals surface area contributed by atoms with Crippen LogP contribution in [0.25, 0.3) is 22.0 Å². The molecule has 1 aliphatic rings. The normalized spacial score (nSPS) is 15.1. The van der Waals surface area contributed by atoms with E-state index in [4.69, 9.17) is 0 Å². The number of anilines is 1. The minimum absolute atomic E-state index is 0.0712. The van der Waals surface area contributed by atoms with Gasteiger partial charge >= 0.3 is 6.18 Å². The number of nitrogens with zero attached hydrogens (tertiary/aromatic N) is 1. The lowest BCUT2D eigenvalue weighted by Gasteiger charge is -2.17. The number of pyridine rings is 1. The monoisotopic (exact) mass is 597 g/mol. The van der Waals surface area contributed by atoms with Gasteiger partial charge in [-0.2, -0.15) is 13.2 Å². The van der Waals surface area contributed by atoms with E-state index in [1.807, 2.05) is 78.9 Å². The second kappa shape index (κ2) is 11.9. The van der Waals surface area contributed by atoms with Crippen LogP contribution in [0.4, 0.5) is 23.7 Å². The smallest absolute Gasteiger partial charge is 0.381 e. The zero-order chi connectivity index (χ0) is 30.0. The van der Waals surface area contributed by atoms with Crippen LogP contribution >= 0.6 is 11.8 Å². The van der Waals surface area contributed by atoms with Crippen LogP contribution < -0.4 is 10.6 Å². The fraction of sp³-hybridized carbons (Fsp3) is 0.147. The lowest BCUT2D eigenvalue weighted by Crippen LogP contribution is -2.25. The second-order valence-corrected chi connectivity index (χ2v) is 11.5. The summed E-state index contributed by atoms with van der Waals surface area (Å²) < 4.78 is 41.7. The molecule has 0 saturated carbocycles. The molecular formula is C34H26F3N3O2S. The number of hydrogen-bond donors (Lipinski definition) is 2. The first kappa shape index (κ1) is 28.5. The van der Waals surface area contributed by atoms with Gasteiger partial charge in [0.05, 0.1) is 16.3 Å². The zero-order valence-corrected chi connectivity index (χ0v) is 23.6. The molecule has 0 aliphatic carbocycles. The lowest BCUT2D eigenvalue weighted by atomic mass is 9.91. The minimum Gasteiger partial charge on any atom is -0.381 e. The van der Waals surface area contributed by atoms with Crippen molar-refractivity contribution < 1.29 is 22.8 Å². The summed E-state index contributed by atoms with van der Waals surface area (Å²) in [6.45, 7) is 0.521. The van der Waals surface area contributed by atoms with Gasteiger partial charge < -0.3 is 5.32 Å². The molecule has 5 aromatic rings. The first-order valence-corrected chi connectivity index (χ1v) is 14.6. The molecule has 1 aliphatic heterocycles. The number of carbonyl (C=O) groups excluding carboxylic acids is 2. The Labute approximate surface area is 250 Å². The number of amides is 2. The number of rotatable bonds is 8. The van der Waals surface area contributed by atoms with Gasteiger partial charge in [-0.25, -0.2) is 0 Å². The maximum Gasteiger partial charge on any atom is 0.418 e. The number of carbonyl (C=O) groups is 2. The van der Waals surface area contributed by atoms with Crippen LogP contribution in [0.15, 0.2) is 103 Å². The van der Waals surface area contributed by atoms with Crippen molar-refractivity contribution >= 4 is 39.5 Å². The van der Waals surface area contributed by atoms with Gasteiger partial charge in [-0.1, -0.05) is 90.6 Å². The van der Waals surface area contributed by atoms with Gasteiger partial charge in [-0.15, -0.1) is 0 Å². The van der Waals surface area contributed by atoms with Gasteiger partial charge in [0, 0.05) is 23.8 Å². The van der Waals surface area contributed by atoms with Gasteiger partial charge in [0.2, 0.25) is 5.91 Å². The number of fused-ring (bicyclic) bond motifs is 1. The van der Waals surface area contributed by atoms with Crippen LogP contribution in [0.3, 0.4) is 0 Å². The maximum atomic E-state index is 13.9. The second-order valence-electron chi connectivity index (χ2n) is 10.4. The van der Waals surface area contributed by atoms with Gasteiger partial charge in [-0.05, 0) is 64.4 Å². The van der Waals surface area contributed by atoms with Crippen LogP contribution in [-0.4, -0.2) is 21.4 Å². The van der Waals surface area contributed by atoms with E-state index in [1.54, 1.807) is 12.3 Å². The molecular weight excluding hydrogens is 571 g/mol. The van der Waals surface area contributed by atoms with E-state index in [-0.39, 0.29) is 16.7 Å². The van der Waals surface area contributed by atoms with Crippen molar-refractivity contribution in [2.24, 2.45) is 0 Å². The van der Waals surface area contributed by atoms with Gasteiger partial charge in [0.1, 0.15) is 0 Å². The van der Waals surface area contributed by atoms with Crippen molar-refractivity contribution in [1.82, 2.24) is 10.3 Å². The van der Waals surface area contributed by atoms with Crippen molar-refractivity contribution in [3.63, 3.8) is 0 Å². The Morgan fingerprint density at radius 3 is 2.30 bits per heavy atom. The van der Waals surface area contributed by atoms with Crippen molar-refractivity contribution in [1.29, 1.82) is 0 Å². The van der Waals surface area contributed by atoms with Crippen LogP contribution in [0.1, 0.15) is 27.8 Å². The fourth-order valence-corrected chi connectivity index (χ4v) is 6.17. The van der Waals surface area contributed by atoms with Crippen molar-refractivity contribution in [2.75, 3.05) is 5.32 Å². The van der Waals surface area contributed by atoms with E-state index in [2.05, 4.69) is 15.6 Å². The van der Waals surface area contributed by atoms with E-state index >= 15 is 0 Å². The van der Waals surface area contributed by atoms with Crippen LogP contribution in [0.2, 0.25) is 0 Å². The Kier molecular flexibility index (Phi) is 7.90. The average Bonchev–Trinajstić information content (AvgIpc) is 3.32. The van der Waals surface area contributed by atoms with Gasteiger partial charge in [0.15, 0.2) is 0 Å². The number of hydrogen-bond acceptors (Lipinski definition) is 5. The summed E-state index contributed by atoms with van der Waals surface area (Å²) in [4.78, 5) is 27.6. The summed E-state index contributed by atoms with van der Waals surface area (Å²) in [5, 5.41) is 5.45. The number of thioether (sulfide) groups is 1. The van der Waals surface area contributed by atoms with E-state index in [1.165, 1.54) is 6.07 Å². The number of aromatic nitrogens is 1. The number of nitrogens with one attached hydrogen (secondary N) is 2. The van der Waals surface area contributed by atoms with Gasteiger partial charge in [-0.3, -0.25) is 19.9 Å². The highest BCUT2D eigenvalue weighted by Gasteiger charge is 2.34. The summed E-state index contributed by atoms with van der Waals surface area (Å²) in [7, 11) is 0. The molecule has 9 heteroatoms. The lowest BCUT2D eigenvalue weighted by molar-refractivity contribution is -0.136. The quantitative estimate of drug-likeness (QED) is 0.190. The Hall–Kier alpha value is -4.63. The summed E-state index contributed by atoms with van der Waals surface area (Å²) >= 11 is 1.01. The Bertz CT molecular complexity index is 1810. The standard InChI is InChI=1S/C34H26F3N3O2S/c35-34(36,37)28-11-5-10-27-30(25(20-39-31(27)28)16-21-6-2-1-3-7-21)24-8-4-9-26(18-24)38-19-23-14-12-22(13-15-23)17-29-32(41)40-33(42)43-29/h1-15,18,20,29,38H,16-17,19H2,(H,40,41,42). The van der Waals surface area contributed by atoms with E-state index in [9.17, 15) is 22.8 Å². The predicted molar refractivity (Wildman–Crippen MR) is 164 cm³/mol. The number of halogens is 3. The van der Waals surface area contributed by atoms with Crippen molar-refractivity contribution in [3.8, 4) is 11.1 Å². The molecule has 2 amide bonds. The molecule has 43 heavy (non-hydrogen) atoms. The third kappa shape index (κ3) is 6.41. The molecule has 2 N–H and O–H groups in total. The largest absolute Gasteiger partial charge is 0.418 e. The third-order valence-corrected chi connectivity index (χ3v) is 8.36. The highest BCUT2D eigenvalue weighted by atomic mass is 32.2. The molecule has 2 heterocycles. The highest BCUT2D eigenvalue weighted by Crippen LogP contribution is 2.39. The predicted octanol–water partition coefficient (Wildman–Crippen LogP) is 8.02. The molecule has 1 unspecified atom stereocenters. The molecule has 6 rings (SSSR count). The first-order chi connectivity index (χ1) is 20.7. The summed E-state index contributed by atoms with van der Waals surface area (Å²) in [6, 6.07) is 29.5. The Morgan fingerprint density at radius 1 is 0.837 bits per heavy atom. The number of para-hydroxylation sites is 1. The molecule has 0 bridgehead atoms. The molecule has 216 valence electrons. The van der Waals surface area contributed by atoms with E-state index < -0.39 is 17.0 Å². The molecule has 1 saturated heterocycles. The fourth-order valence-electron chi connectivity index (χ4n) is 5.31. The topological polar surface area (TPSA) is 71.1 Å². The summed E-state index contributed by atoms with van der Waals surface area (Å²) in [5.41, 5.74) is 5.36. The first-order valence-electron chi connectivity index (χ1n) is 13.7. The van der Waals surface area contributed by atoms with E-state index in [0.29, 0.717) is 24.8 Å². The summed E-state index contributed by atoms with van der Waals surface area (Å²) in [5.74, 6) is -0.260. The average molecular weight is 598 g/mol. The number of benzene rings is 4. The summed E-state index contributed by atoms with van der Waals surface area (Å²) in [6.07, 6.45) is -1.97. The van der Waals surface area contributed by atoms with Crippen LogP contribution in [-0.2, 0) is 30.4 Å². The minimum atomic E-state index is -4.52. The van der Waals surface area contributed by atoms with Crippen molar-refractivity contribution in [3.05, 3.63) is 131 Å². The molecule has 5 nitrogen and oxygen atoms in total. The highest BCUT2D eigenvalue weighted by molar-refractivity contribution is 8.15. The Balaban J connectivity index is 1.28. The Morgan fingerprint density at radius 2 is 1.58 bits per heavy atom. The number of imide groups is 1. The van der Waals surface area contributed by atoms with Crippen LogP contribution in [0, 0.1) is 0 Å². The van der Waals surface area contributed by atoms with Crippen LogP contribution in [0.5, 0.6) is 0 Å². The third-order valence-electron chi connectivity index (χ3n) is 7.38. The molecule has 1 fully saturated rings. The molecule has 1 aromatic heterocycles. The van der Waals surface area contributed by atoms with Gasteiger partial charge in [0.25, 0.3) is 5.24 Å². The molecule has 1 atom stereocenters. The van der Waals surface area contributed by atoms with E-state index in [0.717, 1.165) is 56.9 Å². The molecule has 0 radical (unpaired) electrons. The van der Waals surface area contributed by atoms with Crippen molar-refractivity contribution in [2.45, 2.75) is 30.8 Å².